The van der Waals surface area contributed by atoms with Crippen LogP contribution in [0, 0.1) is 31.1 Å². The number of hydrogen-bond donors (Lipinski definition) is 0. The van der Waals surface area contributed by atoms with E-state index >= 15 is 0 Å². The second kappa shape index (κ2) is 11.7. The Kier molecular flexibility index (Phi) is 21.5. The fraction of sp³-hybridized carbons (Fsp3) is 0. The third kappa shape index (κ3) is 486. The molecule has 0 heterocycles. The molecule has 0 unspecified atom stereocenters. The fourth-order valence-electron chi connectivity index (χ4n) is 0. The zero-order chi connectivity index (χ0) is 7.15. The molecule has 0 aliphatic heterocycles. The molecule has 0 aromatic carbocycles. The maximum atomic E-state index is 8.42. The predicted octanol–water partition coefficient (Wildman–Crippen LogP) is -7.90. The summed E-state index contributed by atoms with van der Waals surface area (Å²) in [5, 5.41) is 50.5. The van der Waals surface area contributed by atoms with Crippen molar-refractivity contribution < 1.29 is 61.3 Å². The van der Waals surface area contributed by atoms with Crippen molar-refractivity contribution >= 4 is 14.6 Å². The van der Waals surface area contributed by atoms with Crippen molar-refractivity contribution in [2.45, 2.75) is 0 Å². The zero-order valence-electron chi connectivity index (χ0n) is 4.10. The van der Waals surface area contributed by atoms with Gasteiger partial charge in [0.25, 0.3) is 0 Å². The van der Waals surface area contributed by atoms with Gasteiger partial charge in [0.2, 0.25) is 0 Å². The minimum absolute atomic E-state index is 0. The first-order valence-electron chi connectivity index (χ1n) is 1.41. The van der Waals surface area contributed by atoms with Crippen molar-refractivity contribution in [3.63, 3.8) is 0 Å². The fourth-order valence-corrected chi connectivity index (χ4v) is 0. The van der Waals surface area contributed by atoms with Crippen LogP contribution in [0.1, 0.15) is 0 Å². The molecule has 0 amide bonds. The summed E-state index contributed by atoms with van der Waals surface area (Å²) in [6.45, 7) is 0. The monoisotopic (exact) mass is 356 g/mol. The average Bonchev–Trinajstić information content (AvgIpc) is 1.25. The normalized spacial score (nSPS) is 6.00. The largest absolute Gasteiger partial charge is 0.907 e. The molecule has 0 atom stereocenters. The maximum absolute atomic E-state index is 8.42. The Morgan fingerprint density at radius 3 is 0.556 bits per heavy atom. The van der Waals surface area contributed by atoms with Crippen LogP contribution >= 0.6 is 0 Å². The van der Waals surface area contributed by atoms with Crippen LogP contribution in [0.2, 0.25) is 0 Å². The first kappa shape index (κ1) is 16.5. The van der Waals surface area contributed by atoms with Gasteiger partial charge in [0, 0.05) is 31.1 Å². The van der Waals surface area contributed by atoms with Crippen molar-refractivity contribution in [2.75, 3.05) is 0 Å². The quantitative estimate of drug-likeness (QED) is 0.395. The molecule has 9 heavy (non-hydrogen) atoms. The van der Waals surface area contributed by atoms with Gasteiger partial charge in [0.05, 0.1) is 0 Å². The van der Waals surface area contributed by atoms with Crippen LogP contribution in [0.3, 0.4) is 0 Å². The molecule has 0 aromatic rings. The van der Waals surface area contributed by atoms with Gasteiger partial charge in [-0.1, -0.05) is 0 Å². The maximum Gasteiger partial charge on any atom is 0 e. The predicted molar refractivity (Wildman–Crippen MR) is 11.5 cm³/mol. The molecular weight excluding hydrogens is 356 g/mol. The summed E-state index contributed by atoms with van der Waals surface area (Å²) in [5.74, 6) is 0. The van der Waals surface area contributed by atoms with E-state index in [4.69, 9.17) is 30.1 Å². The van der Waals surface area contributed by atoms with Crippen molar-refractivity contribution in [1.82, 2.24) is 0 Å². The summed E-state index contributed by atoms with van der Waals surface area (Å²) in [5.41, 5.74) is 0. The van der Waals surface area contributed by atoms with Crippen LogP contribution in [-0.2, 0) is 0 Å². The van der Waals surface area contributed by atoms with E-state index in [1.54, 1.807) is 0 Å². The van der Waals surface area contributed by atoms with Crippen molar-refractivity contribution in [1.29, 1.82) is 0 Å². The van der Waals surface area contributed by atoms with Crippen LogP contribution < -0.4 is 30.1 Å². The minimum atomic E-state index is -2.92. The van der Waals surface area contributed by atoms with E-state index in [9.17, 15) is 0 Å². The van der Waals surface area contributed by atoms with Crippen LogP contribution in [0.15, 0.2) is 0 Å². The molecule has 9 heteroatoms. The second-order valence-electron chi connectivity index (χ2n) is 0.577. The van der Waals surface area contributed by atoms with Gasteiger partial charge in [-0.2, -0.15) is 0 Å². The number of hydrogen-bond acceptors (Lipinski definition) is 6. The average molecular weight is 356 g/mol. The van der Waals surface area contributed by atoms with E-state index in [-0.39, 0.29) is 31.1 Å². The van der Waals surface area contributed by atoms with E-state index in [0.29, 0.717) is 0 Å². The van der Waals surface area contributed by atoms with Crippen LogP contribution in [0.25, 0.3) is 0 Å². The molecule has 0 spiro atoms. The molecule has 0 saturated carbocycles. The van der Waals surface area contributed by atoms with Gasteiger partial charge in [-0.15, -0.1) is 0 Å². The number of rotatable bonds is 0. The Labute approximate surface area is 75.9 Å². The topological polar surface area (TPSA) is 138 Å². The molecule has 0 bridgehead atoms. The van der Waals surface area contributed by atoms with Gasteiger partial charge in [-0.25, -0.2) is 0 Å². The molecular formula is B2O6U-6. The smallest absolute Gasteiger partial charge is 0 e. The van der Waals surface area contributed by atoms with E-state index < -0.39 is 14.6 Å². The standard InChI is InChI=1S/2BO3.U/c2*2-1(3)4;/q2*-3;. The SMILES string of the molecule is [O-]B([O-])[O-].[O-]B([O-])[O-].[U]. The first-order valence-corrected chi connectivity index (χ1v) is 1.41. The van der Waals surface area contributed by atoms with Crippen molar-refractivity contribution in [2.24, 2.45) is 0 Å². The molecule has 0 aliphatic carbocycles. The molecule has 0 rings (SSSR count). The molecule has 0 radical (unpaired) electrons. The Hall–Kier alpha value is 0.942. The third-order valence-electron chi connectivity index (χ3n) is 0. The van der Waals surface area contributed by atoms with Crippen LogP contribution in [0.5, 0.6) is 0 Å². The zero-order valence-corrected chi connectivity index (χ0v) is 8.27. The van der Waals surface area contributed by atoms with E-state index in [2.05, 4.69) is 0 Å². The third-order valence-corrected chi connectivity index (χ3v) is 0. The Morgan fingerprint density at radius 2 is 0.556 bits per heavy atom. The minimum Gasteiger partial charge on any atom is -0.907 e. The van der Waals surface area contributed by atoms with E-state index in [1.165, 1.54) is 0 Å². The summed E-state index contributed by atoms with van der Waals surface area (Å²) < 4.78 is 0. The van der Waals surface area contributed by atoms with Gasteiger partial charge in [0.1, 0.15) is 0 Å². The molecule has 0 fully saturated rings. The molecule has 6 nitrogen and oxygen atoms in total. The van der Waals surface area contributed by atoms with Crippen molar-refractivity contribution in [3.05, 3.63) is 0 Å². The van der Waals surface area contributed by atoms with Gasteiger partial charge >= 0.3 is 0 Å². The Morgan fingerprint density at radius 1 is 0.556 bits per heavy atom. The molecule has 0 aliphatic rings. The van der Waals surface area contributed by atoms with Crippen LogP contribution in [-0.4, -0.2) is 14.6 Å². The molecule has 52 valence electrons. The summed E-state index contributed by atoms with van der Waals surface area (Å²) in [6, 6.07) is 0. The van der Waals surface area contributed by atoms with Gasteiger partial charge < -0.3 is 30.1 Å². The van der Waals surface area contributed by atoms with Crippen LogP contribution in [0.4, 0.5) is 0 Å². The van der Waals surface area contributed by atoms with E-state index in [1.807, 2.05) is 0 Å². The summed E-state index contributed by atoms with van der Waals surface area (Å²) in [6.07, 6.45) is 0. The Bertz CT molecular complexity index is 26.5. The first-order chi connectivity index (χ1) is 3.46. The van der Waals surface area contributed by atoms with Gasteiger partial charge in [-0.3, -0.25) is 14.6 Å². The molecule has 0 aromatic heterocycles. The van der Waals surface area contributed by atoms with Crippen molar-refractivity contribution in [3.8, 4) is 0 Å². The summed E-state index contributed by atoms with van der Waals surface area (Å²) >= 11 is 0. The van der Waals surface area contributed by atoms with Gasteiger partial charge in [0.15, 0.2) is 0 Å². The van der Waals surface area contributed by atoms with E-state index in [0.717, 1.165) is 0 Å². The summed E-state index contributed by atoms with van der Waals surface area (Å²) in [7, 11) is -5.83. The molecule has 0 N–H and O–H groups in total. The Balaban J connectivity index is -0.0000000720. The second-order valence-corrected chi connectivity index (χ2v) is 0.577. The molecule has 0 saturated heterocycles. The van der Waals surface area contributed by atoms with Gasteiger partial charge in [-0.05, 0) is 0 Å². The summed E-state index contributed by atoms with van der Waals surface area (Å²) in [4.78, 5) is 0.